The molecule has 18 heavy (non-hydrogen) atoms. The Morgan fingerprint density at radius 1 is 0.833 bits per heavy atom. The molecule has 0 heterocycles. The second-order valence-corrected chi connectivity index (χ2v) is 6.19. The van der Waals surface area contributed by atoms with E-state index < -0.39 is 0 Å². The predicted molar refractivity (Wildman–Crippen MR) is 77.1 cm³/mol. The zero-order valence-corrected chi connectivity index (χ0v) is 12.7. The quantitative estimate of drug-likeness (QED) is 0.471. The van der Waals surface area contributed by atoms with Gasteiger partial charge in [-0.05, 0) is 24.2 Å². The second kappa shape index (κ2) is 11.6. The Hall–Kier alpha value is -0.530. The molecule has 2 nitrogen and oxygen atoms in total. The molecule has 0 aliphatic heterocycles. The van der Waals surface area contributed by atoms with Crippen molar-refractivity contribution < 1.29 is 9.53 Å². The molecule has 2 heteroatoms. The van der Waals surface area contributed by atoms with Gasteiger partial charge in [0.1, 0.15) is 0 Å². The lowest BCUT2D eigenvalue weighted by Crippen LogP contribution is -2.03. The van der Waals surface area contributed by atoms with Crippen LogP contribution in [0.3, 0.4) is 0 Å². The Morgan fingerprint density at radius 3 is 1.83 bits per heavy atom. The Kier molecular flexibility index (Phi) is 11.2. The minimum absolute atomic E-state index is 0.522. The van der Waals surface area contributed by atoms with Crippen molar-refractivity contribution >= 4 is 6.47 Å². The van der Waals surface area contributed by atoms with Gasteiger partial charge in [0.05, 0.1) is 6.61 Å². The fourth-order valence-electron chi connectivity index (χ4n) is 2.28. The smallest absolute Gasteiger partial charge is 0.417 e. The van der Waals surface area contributed by atoms with E-state index in [0.717, 1.165) is 18.3 Å². The molecule has 0 aromatic carbocycles. The van der Waals surface area contributed by atoms with Crippen molar-refractivity contribution in [2.45, 2.75) is 72.6 Å². The van der Waals surface area contributed by atoms with Gasteiger partial charge < -0.3 is 4.74 Å². The van der Waals surface area contributed by atoms with Crippen LogP contribution < -0.4 is 0 Å². The first-order valence-corrected chi connectivity index (χ1v) is 7.55. The molecule has 2 atom stereocenters. The summed E-state index contributed by atoms with van der Waals surface area (Å²) < 4.78 is 4.60. The van der Waals surface area contributed by atoms with E-state index in [-0.39, 0.29) is 0 Å². The van der Waals surface area contributed by atoms with Crippen LogP contribution in [-0.2, 0) is 9.53 Å². The number of carbonyl (C=O) groups excluding carboxylic acids is 1. The van der Waals surface area contributed by atoms with Crippen LogP contribution in [0.25, 0.3) is 0 Å². The molecule has 2 unspecified atom stereocenters. The molecule has 0 N–H and O–H groups in total. The van der Waals surface area contributed by atoms with Gasteiger partial charge in [-0.1, -0.05) is 66.2 Å². The van der Waals surface area contributed by atoms with E-state index in [9.17, 15) is 4.79 Å². The van der Waals surface area contributed by atoms with Crippen molar-refractivity contribution in [2.24, 2.45) is 17.8 Å². The number of hydrogen-bond acceptors (Lipinski definition) is 2. The molecule has 0 aromatic heterocycles. The number of rotatable bonds is 12. The van der Waals surface area contributed by atoms with Gasteiger partial charge in [0.15, 0.2) is 0 Å². The molecule has 0 bridgehead atoms. The summed E-state index contributed by atoms with van der Waals surface area (Å²) in [5.41, 5.74) is 0. The summed E-state index contributed by atoms with van der Waals surface area (Å²) in [5.74, 6) is 2.35. The Balaban J connectivity index is 3.37. The highest BCUT2D eigenvalue weighted by Crippen LogP contribution is 2.20. The van der Waals surface area contributed by atoms with E-state index in [1.807, 2.05) is 0 Å². The summed E-state index contributed by atoms with van der Waals surface area (Å²) in [4.78, 5) is 9.89. The maximum absolute atomic E-state index is 9.89. The zero-order chi connectivity index (χ0) is 13.8. The van der Waals surface area contributed by atoms with Crippen molar-refractivity contribution in [3.63, 3.8) is 0 Å². The SMILES string of the molecule is CC(C)CCCC(C)CCCC(C)CCO[C]=O. The van der Waals surface area contributed by atoms with E-state index in [1.54, 1.807) is 0 Å². The molecule has 0 aliphatic rings. The lowest BCUT2D eigenvalue weighted by Gasteiger charge is -2.14. The molecule has 0 spiro atoms. The molecule has 107 valence electrons. The highest BCUT2D eigenvalue weighted by molar-refractivity contribution is 5.37. The molecule has 0 rings (SSSR count). The standard InChI is InChI=1S/C16H31O2/c1-14(2)7-5-8-15(3)9-6-10-16(4)11-12-18-13-17/h14-16H,5-12H2,1-4H3. The van der Waals surface area contributed by atoms with Crippen molar-refractivity contribution in [2.75, 3.05) is 6.61 Å². The molecule has 0 aromatic rings. The highest BCUT2D eigenvalue weighted by Gasteiger charge is 2.06. The van der Waals surface area contributed by atoms with Gasteiger partial charge in [0.25, 0.3) is 0 Å². The summed E-state index contributed by atoms with van der Waals surface area (Å²) in [5, 5.41) is 0. The fraction of sp³-hybridized carbons (Fsp3) is 0.938. The monoisotopic (exact) mass is 255 g/mol. The Morgan fingerprint density at radius 2 is 1.33 bits per heavy atom. The molecular weight excluding hydrogens is 224 g/mol. The maximum Gasteiger partial charge on any atom is 0.417 e. The Bertz CT molecular complexity index is 190. The molecule has 0 saturated heterocycles. The molecule has 0 aliphatic carbocycles. The third-order valence-electron chi connectivity index (χ3n) is 3.64. The van der Waals surface area contributed by atoms with E-state index >= 15 is 0 Å². The van der Waals surface area contributed by atoms with Crippen molar-refractivity contribution in [1.82, 2.24) is 0 Å². The van der Waals surface area contributed by atoms with Crippen LogP contribution >= 0.6 is 0 Å². The van der Waals surface area contributed by atoms with Gasteiger partial charge in [-0.3, -0.25) is 0 Å². The third-order valence-corrected chi connectivity index (χ3v) is 3.64. The lowest BCUT2D eigenvalue weighted by atomic mass is 9.93. The average Bonchev–Trinajstić information content (AvgIpc) is 2.29. The molecular formula is C16H31O2. The van der Waals surface area contributed by atoms with Gasteiger partial charge >= 0.3 is 6.47 Å². The third kappa shape index (κ3) is 11.9. The van der Waals surface area contributed by atoms with Crippen molar-refractivity contribution in [3.05, 3.63) is 0 Å². The normalized spacial score (nSPS) is 14.5. The van der Waals surface area contributed by atoms with Gasteiger partial charge in [-0.2, -0.15) is 0 Å². The summed E-state index contributed by atoms with van der Waals surface area (Å²) in [6, 6.07) is 0. The predicted octanol–water partition coefficient (Wildman–Crippen LogP) is 4.73. The fourth-order valence-corrected chi connectivity index (χ4v) is 2.28. The van der Waals surface area contributed by atoms with Gasteiger partial charge in [-0.25, -0.2) is 4.79 Å². The molecule has 0 saturated carbocycles. The van der Waals surface area contributed by atoms with E-state index in [0.29, 0.717) is 12.5 Å². The molecule has 1 radical (unpaired) electrons. The van der Waals surface area contributed by atoms with Gasteiger partial charge in [0, 0.05) is 0 Å². The first-order valence-electron chi connectivity index (χ1n) is 7.55. The molecule has 0 amide bonds. The lowest BCUT2D eigenvalue weighted by molar-refractivity contribution is 0.247. The Labute approximate surface area is 113 Å². The van der Waals surface area contributed by atoms with Crippen LogP contribution in [0.2, 0.25) is 0 Å². The van der Waals surface area contributed by atoms with Crippen LogP contribution in [0.15, 0.2) is 0 Å². The van der Waals surface area contributed by atoms with Crippen molar-refractivity contribution in [3.8, 4) is 0 Å². The van der Waals surface area contributed by atoms with Crippen molar-refractivity contribution in [1.29, 1.82) is 0 Å². The average molecular weight is 255 g/mol. The second-order valence-electron chi connectivity index (χ2n) is 6.19. The summed E-state index contributed by atoms with van der Waals surface area (Å²) in [7, 11) is 0. The van der Waals surface area contributed by atoms with E-state index in [2.05, 4.69) is 32.4 Å². The minimum Gasteiger partial charge on any atom is -0.457 e. The van der Waals surface area contributed by atoms with E-state index in [1.165, 1.54) is 45.0 Å². The summed E-state index contributed by atoms with van der Waals surface area (Å²) in [6.45, 7) is 11.2. The van der Waals surface area contributed by atoms with Crippen LogP contribution in [0.5, 0.6) is 0 Å². The van der Waals surface area contributed by atoms with Crippen LogP contribution in [0, 0.1) is 17.8 Å². The first kappa shape index (κ1) is 17.5. The topological polar surface area (TPSA) is 26.3 Å². The highest BCUT2D eigenvalue weighted by atomic mass is 16.5. The number of ether oxygens (including phenoxy) is 1. The molecule has 0 fully saturated rings. The summed E-state index contributed by atoms with van der Waals surface area (Å²) in [6.07, 6.45) is 8.96. The van der Waals surface area contributed by atoms with Gasteiger partial charge in [-0.15, -0.1) is 0 Å². The maximum atomic E-state index is 9.89. The van der Waals surface area contributed by atoms with Crippen LogP contribution in [0.4, 0.5) is 0 Å². The summed E-state index contributed by atoms with van der Waals surface area (Å²) >= 11 is 0. The zero-order valence-electron chi connectivity index (χ0n) is 12.7. The minimum atomic E-state index is 0.522. The van der Waals surface area contributed by atoms with Gasteiger partial charge in [0.2, 0.25) is 0 Å². The van der Waals surface area contributed by atoms with Crippen LogP contribution in [-0.4, -0.2) is 13.1 Å². The van der Waals surface area contributed by atoms with E-state index in [4.69, 9.17) is 0 Å². The van der Waals surface area contributed by atoms with Crippen LogP contribution in [0.1, 0.15) is 72.6 Å². The number of hydrogen-bond donors (Lipinski definition) is 0. The largest absolute Gasteiger partial charge is 0.457 e. The first-order chi connectivity index (χ1) is 8.56.